The lowest BCUT2D eigenvalue weighted by molar-refractivity contribution is -0.144. The second-order valence-corrected chi connectivity index (χ2v) is 6.10. The number of carbonyl (C=O) groups is 1. The normalized spacial score (nSPS) is 28.7. The quantitative estimate of drug-likeness (QED) is 0.772. The van der Waals surface area contributed by atoms with E-state index in [1.54, 1.807) is 4.90 Å². The lowest BCUT2D eigenvalue weighted by Gasteiger charge is -2.39. The SMILES string of the molecule is CC(C)N1CCN(C(=O)[C@H]2CCCC(F)(F)C2)CC1. The molecule has 110 valence electrons. The fourth-order valence-electron chi connectivity index (χ4n) is 3.10. The summed E-state index contributed by atoms with van der Waals surface area (Å²) in [7, 11) is 0. The van der Waals surface area contributed by atoms with Gasteiger partial charge < -0.3 is 4.90 Å². The number of amides is 1. The first-order valence-corrected chi connectivity index (χ1v) is 7.30. The van der Waals surface area contributed by atoms with Crippen molar-refractivity contribution in [3.8, 4) is 0 Å². The maximum atomic E-state index is 13.4. The van der Waals surface area contributed by atoms with Crippen molar-refractivity contribution < 1.29 is 13.6 Å². The van der Waals surface area contributed by atoms with Crippen LogP contribution in [0.4, 0.5) is 8.78 Å². The van der Waals surface area contributed by atoms with E-state index in [1.807, 2.05) is 0 Å². The molecule has 2 fully saturated rings. The average molecular weight is 274 g/mol. The predicted molar refractivity (Wildman–Crippen MR) is 70.2 cm³/mol. The van der Waals surface area contributed by atoms with Crippen molar-refractivity contribution >= 4 is 5.91 Å². The van der Waals surface area contributed by atoms with Crippen molar-refractivity contribution in [1.29, 1.82) is 0 Å². The zero-order chi connectivity index (χ0) is 14.0. The van der Waals surface area contributed by atoms with E-state index in [0.717, 1.165) is 13.1 Å². The number of hydrogen-bond donors (Lipinski definition) is 0. The molecule has 0 aromatic heterocycles. The van der Waals surface area contributed by atoms with Gasteiger partial charge in [-0.15, -0.1) is 0 Å². The van der Waals surface area contributed by atoms with E-state index in [4.69, 9.17) is 0 Å². The van der Waals surface area contributed by atoms with Gasteiger partial charge in [0.25, 0.3) is 0 Å². The van der Waals surface area contributed by atoms with E-state index in [0.29, 0.717) is 32.0 Å². The van der Waals surface area contributed by atoms with Crippen LogP contribution in [-0.2, 0) is 4.79 Å². The number of halogens is 2. The molecule has 1 saturated heterocycles. The Balaban J connectivity index is 1.87. The van der Waals surface area contributed by atoms with Gasteiger partial charge in [0.2, 0.25) is 11.8 Å². The molecule has 5 heteroatoms. The molecule has 1 atom stereocenters. The zero-order valence-corrected chi connectivity index (χ0v) is 11.9. The molecule has 0 aromatic rings. The van der Waals surface area contributed by atoms with Gasteiger partial charge in [0.1, 0.15) is 0 Å². The number of piperazine rings is 1. The van der Waals surface area contributed by atoms with Crippen molar-refractivity contribution in [2.75, 3.05) is 26.2 Å². The fourth-order valence-corrected chi connectivity index (χ4v) is 3.10. The van der Waals surface area contributed by atoms with Crippen LogP contribution in [0.15, 0.2) is 0 Å². The van der Waals surface area contributed by atoms with Crippen LogP contribution in [0, 0.1) is 5.92 Å². The molecule has 0 spiro atoms. The van der Waals surface area contributed by atoms with Crippen LogP contribution >= 0.6 is 0 Å². The fraction of sp³-hybridized carbons (Fsp3) is 0.929. The molecule has 0 N–H and O–H groups in total. The van der Waals surface area contributed by atoms with Gasteiger partial charge in [-0.2, -0.15) is 0 Å². The Morgan fingerprint density at radius 3 is 2.37 bits per heavy atom. The van der Waals surface area contributed by atoms with Gasteiger partial charge in [-0.3, -0.25) is 9.69 Å². The first kappa shape index (κ1) is 14.7. The van der Waals surface area contributed by atoms with Gasteiger partial charge >= 0.3 is 0 Å². The summed E-state index contributed by atoms with van der Waals surface area (Å²) in [6.07, 6.45) is 0.780. The van der Waals surface area contributed by atoms with Gasteiger partial charge in [0.15, 0.2) is 0 Å². The number of carbonyl (C=O) groups excluding carboxylic acids is 1. The molecular formula is C14H24F2N2O. The predicted octanol–water partition coefficient (Wildman–Crippen LogP) is 2.36. The molecular weight excluding hydrogens is 250 g/mol. The number of hydrogen-bond acceptors (Lipinski definition) is 2. The first-order valence-electron chi connectivity index (χ1n) is 7.30. The maximum absolute atomic E-state index is 13.4. The van der Waals surface area contributed by atoms with E-state index < -0.39 is 11.8 Å². The standard InChI is InChI=1S/C14H24F2N2O/c1-11(2)17-6-8-18(9-7-17)13(19)12-4-3-5-14(15,16)10-12/h11-12H,3-10H2,1-2H3/t12-/m0/s1. The molecule has 0 bridgehead atoms. The summed E-state index contributed by atoms with van der Waals surface area (Å²) >= 11 is 0. The number of alkyl halides is 2. The van der Waals surface area contributed by atoms with Gasteiger partial charge in [0, 0.05) is 51.0 Å². The van der Waals surface area contributed by atoms with Crippen LogP contribution in [0.3, 0.4) is 0 Å². The van der Waals surface area contributed by atoms with E-state index in [1.165, 1.54) is 0 Å². The van der Waals surface area contributed by atoms with E-state index >= 15 is 0 Å². The van der Waals surface area contributed by atoms with Crippen LogP contribution in [0.1, 0.15) is 39.5 Å². The van der Waals surface area contributed by atoms with Crippen LogP contribution in [0.2, 0.25) is 0 Å². The topological polar surface area (TPSA) is 23.6 Å². The van der Waals surface area contributed by atoms with Crippen molar-refractivity contribution in [1.82, 2.24) is 9.80 Å². The third kappa shape index (κ3) is 3.65. The Bertz CT molecular complexity index is 325. The summed E-state index contributed by atoms with van der Waals surface area (Å²) in [5, 5.41) is 0. The van der Waals surface area contributed by atoms with E-state index in [2.05, 4.69) is 18.7 Å². The maximum Gasteiger partial charge on any atom is 0.248 e. The monoisotopic (exact) mass is 274 g/mol. The molecule has 1 heterocycles. The van der Waals surface area contributed by atoms with Crippen molar-refractivity contribution in [2.24, 2.45) is 5.92 Å². The van der Waals surface area contributed by atoms with Crippen molar-refractivity contribution in [3.63, 3.8) is 0 Å². The number of rotatable bonds is 2. The minimum Gasteiger partial charge on any atom is -0.340 e. The molecule has 0 aromatic carbocycles. The highest BCUT2D eigenvalue weighted by Gasteiger charge is 2.40. The van der Waals surface area contributed by atoms with Crippen molar-refractivity contribution in [3.05, 3.63) is 0 Å². The van der Waals surface area contributed by atoms with Crippen LogP contribution in [0.25, 0.3) is 0 Å². The first-order chi connectivity index (χ1) is 8.89. The van der Waals surface area contributed by atoms with Gasteiger partial charge in [0.05, 0.1) is 0 Å². The smallest absolute Gasteiger partial charge is 0.248 e. The summed E-state index contributed by atoms with van der Waals surface area (Å²) < 4.78 is 26.7. The van der Waals surface area contributed by atoms with E-state index in [-0.39, 0.29) is 18.7 Å². The Hall–Kier alpha value is -0.710. The Labute approximate surface area is 113 Å². The molecule has 0 unspecified atom stereocenters. The Morgan fingerprint density at radius 1 is 1.21 bits per heavy atom. The van der Waals surface area contributed by atoms with Crippen LogP contribution in [0.5, 0.6) is 0 Å². The molecule has 1 aliphatic carbocycles. The van der Waals surface area contributed by atoms with Crippen molar-refractivity contribution in [2.45, 2.75) is 51.5 Å². The highest BCUT2D eigenvalue weighted by molar-refractivity contribution is 5.79. The molecule has 1 saturated carbocycles. The highest BCUT2D eigenvalue weighted by Crippen LogP contribution is 2.37. The lowest BCUT2D eigenvalue weighted by Crippen LogP contribution is -2.52. The van der Waals surface area contributed by atoms with Gasteiger partial charge in [-0.25, -0.2) is 8.78 Å². The summed E-state index contributed by atoms with van der Waals surface area (Å²) in [5.41, 5.74) is 0. The average Bonchev–Trinajstić information content (AvgIpc) is 2.37. The molecule has 1 amide bonds. The van der Waals surface area contributed by atoms with Crippen LogP contribution < -0.4 is 0 Å². The zero-order valence-electron chi connectivity index (χ0n) is 11.9. The molecule has 19 heavy (non-hydrogen) atoms. The summed E-state index contributed by atoms with van der Waals surface area (Å²) in [4.78, 5) is 16.4. The highest BCUT2D eigenvalue weighted by atomic mass is 19.3. The molecule has 1 aliphatic heterocycles. The molecule has 0 radical (unpaired) electrons. The molecule has 2 rings (SSSR count). The minimum atomic E-state index is -2.64. The lowest BCUT2D eigenvalue weighted by atomic mass is 9.85. The summed E-state index contributed by atoms with van der Waals surface area (Å²) in [6.45, 7) is 7.34. The Morgan fingerprint density at radius 2 is 1.84 bits per heavy atom. The van der Waals surface area contributed by atoms with E-state index in [9.17, 15) is 13.6 Å². The second kappa shape index (κ2) is 5.73. The third-order valence-corrected chi connectivity index (χ3v) is 4.35. The minimum absolute atomic E-state index is 0.0530. The summed E-state index contributed by atoms with van der Waals surface area (Å²) in [6, 6.07) is 0.483. The van der Waals surface area contributed by atoms with Gasteiger partial charge in [-0.05, 0) is 26.7 Å². The van der Waals surface area contributed by atoms with Crippen LogP contribution in [-0.4, -0.2) is 53.9 Å². The number of nitrogens with zero attached hydrogens (tertiary/aromatic N) is 2. The largest absolute Gasteiger partial charge is 0.340 e. The molecule has 3 nitrogen and oxygen atoms in total. The Kier molecular flexibility index (Phi) is 4.43. The summed E-state index contributed by atoms with van der Waals surface area (Å²) in [5.74, 6) is -3.16. The molecule has 2 aliphatic rings. The third-order valence-electron chi connectivity index (χ3n) is 4.35. The van der Waals surface area contributed by atoms with Gasteiger partial charge in [-0.1, -0.05) is 0 Å². The second-order valence-electron chi connectivity index (χ2n) is 6.10.